The molecule has 2 unspecified atom stereocenters. The molecule has 94 valence electrons. The van der Waals surface area contributed by atoms with Gasteiger partial charge in [-0.3, -0.25) is 4.79 Å². The zero-order valence-corrected chi connectivity index (χ0v) is 11.5. The molecular weight excluding hydrogens is 254 g/mol. The fraction of sp³-hybridized carbons (Fsp3) is 0.583. The van der Waals surface area contributed by atoms with Gasteiger partial charge in [-0.1, -0.05) is 13.0 Å². The van der Waals surface area contributed by atoms with Gasteiger partial charge in [0.15, 0.2) is 0 Å². The lowest BCUT2D eigenvalue weighted by Crippen LogP contribution is -2.46. The summed E-state index contributed by atoms with van der Waals surface area (Å²) in [6.45, 7) is 3.31. The van der Waals surface area contributed by atoms with Crippen LogP contribution < -0.4 is 0 Å². The summed E-state index contributed by atoms with van der Waals surface area (Å²) in [5.41, 5.74) is 0. The number of carbonyl (C=O) groups excluding carboxylic acids is 1. The number of piperidine rings is 1. The molecule has 0 aromatic carbocycles. The second-order valence-electron chi connectivity index (χ2n) is 4.39. The van der Waals surface area contributed by atoms with Gasteiger partial charge in [0.05, 0.1) is 16.1 Å². The fourth-order valence-corrected chi connectivity index (χ4v) is 3.53. The van der Waals surface area contributed by atoms with Gasteiger partial charge >= 0.3 is 0 Å². The Morgan fingerprint density at radius 2 is 2.53 bits per heavy atom. The van der Waals surface area contributed by atoms with E-state index < -0.39 is 0 Å². The highest BCUT2D eigenvalue weighted by Crippen LogP contribution is 2.24. The van der Waals surface area contributed by atoms with E-state index in [0.29, 0.717) is 18.2 Å². The topological polar surface area (TPSA) is 40.5 Å². The van der Waals surface area contributed by atoms with E-state index in [0.717, 1.165) is 13.0 Å². The molecule has 2 rings (SSSR count). The second-order valence-corrected chi connectivity index (χ2v) is 6.62. The molecule has 1 aromatic rings. The Hall–Kier alpha value is -0.520. The highest BCUT2D eigenvalue weighted by Gasteiger charge is 2.26. The summed E-state index contributed by atoms with van der Waals surface area (Å²) in [5.74, 6) is 0.917. The number of likely N-dealkylation sites (tertiary alicyclic amines) is 1. The summed E-state index contributed by atoms with van der Waals surface area (Å²) in [6.07, 6.45) is 0.538. The van der Waals surface area contributed by atoms with Gasteiger partial charge in [-0.25, -0.2) is 0 Å². The second kappa shape index (κ2) is 5.89. The van der Waals surface area contributed by atoms with Crippen LogP contribution in [0.1, 0.15) is 13.3 Å². The van der Waals surface area contributed by atoms with E-state index in [2.05, 4.69) is 0 Å². The number of aliphatic hydroxyl groups excluding tert-OH is 1. The quantitative estimate of drug-likeness (QED) is 0.856. The molecule has 1 N–H and O–H groups in total. The lowest BCUT2D eigenvalue weighted by molar-refractivity contribution is -0.132. The molecule has 1 aliphatic heterocycles. The van der Waals surface area contributed by atoms with Crippen molar-refractivity contribution in [1.82, 2.24) is 4.90 Å². The summed E-state index contributed by atoms with van der Waals surface area (Å²) in [7, 11) is 0. The molecule has 2 heterocycles. The molecule has 0 spiro atoms. The molecule has 17 heavy (non-hydrogen) atoms. The summed E-state index contributed by atoms with van der Waals surface area (Å²) >= 11 is 3.23. The van der Waals surface area contributed by atoms with Crippen LogP contribution >= 0.6 is 23.1 Å². The van der Waals surface area contributed by atoms with Crippen molar-refractivity contribution in [2.45, 2.75) is 23.7 Å². The minimum absolute atomic E-state index is 0.134. The van der Waals surface area contributed by atoms with Crippen molar-refractivity contribution in [3.05, 3.63) is 17.5 Å². The third-order valence-electron chi connectivity index (χ3n) is 3.10. The minimum Gasteiger partial charge on any atom is -0.391 e. The molecule has 2 atom stereocenters. The number of amides is 1. The molecule has 1 amide bonds. The molecule has 3 nitrogen and oxygen atoms in total. The average Bonchev–Trinajstić information content (AvgIpc) is 2.82. The van der Waals surface area contributed by atoms with Gasteiger partial charge in [0.25, 0.3) is 0 Å². The number of hydrogen-bond acceptors (Lipinski definition) is 4. The van der Waals surface area contributed by atoms with Crippen molar-refractivity contribution in [3.8, 4) is 0 Å². The van der Waals surface area contributed by atoms with E-state index >= 15 is 0 Å². The van der Waals surface area contributed by atoms with Crippen LogP contribution in [0.4, 0.5) is 0 Å². The van der Waals surface area contributed by atoms with Crippen molar-refractivity contribution in [2.24, 2.45) is 5.92 Å². The molecule has 0 bridgehead atoms. The van der Waals surface area contributed by atoms with Gasteiger partial charge in [0.2, 0.25) is 5.91 Å². The number of hydrogen-bond donors (Lipinski definition) is 1. The maximum Gasteiger partial charge on any atom is 0.233 e. The summed E-state index contributed by atoms with van der Waals surface area (Å²) in [6, 6.07) is 4.01. The summed E-state index contributed by atoms with van der Waals surface area (Å²) in [5, 5.41) is 11.8. The monoisotopic (exact) mass is 271 g/mol. The molecular formula is C12H17NO2S2. The molecule has 5 heteroatoms. The molecule has 1 aliphatic rings. The number of thioether (sulfide) groups is 1. The molecule has 0 aliphatic carbocycles. The standard InChI is InChI=1S/C12H17NO2S2/c1-9-4-5-13(7-10(9)14)11(15)8-17-12-3-2-6-16-12/h2-3,6,9-10,14H,4-5,7-8H2,1H3. The van der Waals surface area contributed by atoms with Gasteiger partial charge in [-0.05, 0) is 23.8 Å². The van der Waals surface area contributed by atoms with Crippen LogP contribution in [0.15, 0.2) is 21.7 Å². The number of carbonyl (C=O) groups is 1. The SMILES string of the molecule is CC1CCN(C(=O)CSc2cccs2)CC1O. The number of aliphatic hydroxyl groups is 1. The van der Waals surface area contributed by atoms with E-state index in [1.807, 2.05) is 24.4 Å². The van der Waals surface area contributed by atoms with E-state index in [4.69, 9.17) is 0 Å². The van der Waals surface area contributed by atoms with Crippen LogP contribution in [0.5, 0.6) is 0 Å². The van der Waals surface area contributed by atoms with Gasteiger partial charge in [-0.2, -0.15) is 0 Å². The lowest BCUT2D eigenvalue weighted by Gasteiger charge is -2.34. The first-order chi connectivity index (χ1) is 8.16. The number of β-amino-alcohol motifs (C(OH)–C–C–N with tert-alkyl or cyclic N) is 1. The van der Waals surface area contributed by atoms with Crippen molar-refractivity contribution >= 4 is 29.0 Å². The Balaban J connectivity index is 1.80. The van der Waals surface area contributed by atoms with Crippen LogP contribution in [-0.4, -0.2) is 40.9 Å². The summed E-state index contributed by atoms with van der Waals surface area (Å²) in [4.78, 5) is 13.7. The molecule has 0 radical (unpaired) electrons. The Labute approximate surface area is 110 Å². The first-order valence-electron chi connectivity index (χ1n) is 5.79. The third-order valence-corrected chi connectivity index (χ3v) is 5.22. The predicted molar refractivity (Wildman–Crippen MR) is 71.4 cm³/mol. The van der Waals surface area contributed by atoms with E-state index in [9.17, 15) is 9.90 Å². The van der Waals surface area contributed by atoms with Crippen LogP contribution in [-0.2, 0) is 4.79 Å². The van der Waals surface area contributed by atoms with E-state index in [1.54, 1.807) is 28.0 Å². The van der Waals surface area contributed by atoms with Crippen molar-refractivity contribution in [3.63, 3.8) is 0 Å². The Kier molecular flexibility index (Phi) is 4.48. The Morgan fingerprint density at radius 1 is 1.71 bits per heavy atom. The van der Waals surface area contributed by atoms with Gasteiger partial charge < -0.3 is 10.0 Å². The normalized spacial score (nSPS) is 24.9. The largest absolute Gasteiger partial charge is 0.391 e. The van der Waals surface area contributed by atoms with E-state index in [-0.39, 0.29) is 12.0 Å². The van der Waals surface area contributed by atoms with Crippen LogP contribution in [0, 0.1) is 5.92 Å². The Bertz CT molecular complexity index is 367. The van der Waals surface area contributed by atoms with Crippen molar-refractivity contribution in [2.75, 3.05) is 18.8 Å². The average molecular weight is 271 g/mol. The third kappa shape index (κ3) is 3.47. The zero-order chi connectivity index (χ0) is 12.3. The van der Waals surface area contributed by atoms with Crippen molar-refractivity contribution < 1.29 is 9.90 Å². The number of nitrogens with zero attached hydrogens (tertiary/aromatic N) is 1. The minimum atomic E-state index is -0.362. The summed E-state index contributed by atoms with van der Waals surface area (Å²) < 4.78 is 1.17. The fourth-order valence-electron chi connectivity index (χ4n) is 1.85. The zero-order valence-electron chi connectivity index (χ0n) is 9.83. The molecule has 0 saturated carbocycles. The highest BCUT2D eigenvalue weighted by molar-refractivity contribution is 8.01. The van der Waals surface area contributed by atoms with Crippen LogP contribution in [0.25, 0.3) is 0 Å². The van der Waals surface area contributed by atoms with Crippen molar-refractivity contribution in [1.29, 1.82) is 0 Å². The van der Waals surface area contributed by atoms with Gasteiger partial charge in [-0.15, -0.1) is 23.1 Å². The predicted octanol–water partition coefficient (Wildman–Crippen LogP) is 2.07. The first kappa shape index (κ1) is 12.9. The van der Waals surface area contributed by atoms with E-state index in [1.165, 1.54) is 4.21 Å². The maximum atomic E-state index is 11.9. The Morgan fingerprint density at radius 3 is 3.18 bits per heavy atom. The maximum absolute atomic E-state index is 11.9. The molecule has 1 fully saturated rings. The first-order valence-corrected chi connectivity index (χ1v) is 7.65. The van der Waals surface area contributed by atoms with Gasteiger partial charge in [0, 0.05) is 13.1 Å². The number of thiophene rings is 1. The molecule has 1 saturated heterocycles. The van der Waals surface area contributed by atoms with Gasteiger partial charge in [0.1, 0.15) is 0 Å². The highest BCUT2D eigenvalue weighted by atomic mass is 32.2. The lowest BCUT2D eigenvalue weighted by atomic mass is 9.96. The van der Waals surface area contributed by atoms with Crippen LogP contribution in [0.2, 0.25) is 0 Å². The molecule has 1 aromatic heterocycles. The number of rotatable bonds is 3. The van der Waals surface area contributed by atoms with Crippen LogP contribution in [0.3, 0.4) is 0 Å². The smallest absolute Gasteiger partial charge is 0.233 e.